The van der Waals surface area contributed by atoms with Crippen LogP contribution in [0.1, 0.15) is 29.5 Å². The lowest BCUT2D eigenvalue weighted by Crippen LogP contribution is -2.11. The van der Waals surface area contributed by atoms with E-state index in [0.29, 0.717) is 12.1 Å². The van der Waals surface area contributed by atoms with Crippen LogP contribution < -0.4 is 0 Å². The lowest BCUT2D eigenvalue weighted by molar-refractivity contribution is -0.143. The molecule has 2 aromatic rings. The summed E-state index contributed by atoms with van der Waals surface area (Å²) in [6, 6.07) is 3.65. The molecule has 2 aromatic carbocycles. The topological polar surface area (TPSA) is 37.3 Å². The Morgan fingerprint density at radius 1 is 0.923 bits per heavy atom. The van der Waals surface area contributed by atoms with Crippen molar-refractivity contribution in [2.24, 2.45) is 0 Å². The average molecular weight is 380 g/mol. The Kier molecular flexibility index (Phi) is 5.03. The standard InChI is InChI=1S/C17H11F7O2/c1-8(15(25)26)9-2-3-13(14(18)6-9)10-4-11(16(19,20)21)7-12(5-10)17(22,23)24/h2-8H,1H3,(H,25,26)/t8-/m1/s1. The van der Waals surface area contributed by atoms with Crippen molar-refractivity contribution in [3.8, 4) is 11.1 Å². The highest BCUT2D eigenvalue weighted by molar-refractivity contribution is 5.76. The predicted octanol–water partition coefficient (Wildman–Crippen LogP) is 5.72. The van der Waals surface area contributed by atoms with E-state index in [9.17, 15) is 35.5 Å². The second-order valence-corrected chi connectivity index (χ2v) is 5.59. The number of carboxylic acids is 1. The third kappa shape index (κ3) is 4.14. The molecule has 0 aliphatic rings. The Balaban J connectivity index is 2.63. The smallest absolute Gasteiger partial charge is 0.416 e. The molecule has 140 valence electrons. The summed E-state index contributed by atoms with van der Waals surface area (Å²) in [4.78, 5) is 10.9. The summed E-state index contributed by atoms with van der Waals surface area (Å²) in [6.07, 6.45) is -10.1. The number of aliphatic carboxylic acids is 1. The number of hydrogen-bond acceptors (Lipinski definition) is 1. The summed E-state index contributed by atoms with van der Waals surface area (Å²) < 4.78 is 91.6. The maximum Gasteiger partial charge on any atom is 0.416 e. The average Bonchev–Trinajstić information content (AvgIpc) is 2.51. The normalized spacial score (nSPS) is 13.5. The fraction of sp³-hybridized carbons (Fsp3) is 0.235. The molecular weight excluding hydrogens is 369 g/mol. The summed E-state index contributed by atoms with van der Waals surface area (Å²) in [6.45, 7) is 1.27. The number of rotatable bonds is 3. The van der Waals surface area contributed by atoms with Crippen LogP contribution in [-0.2, 0) is 17.1 Å². The van der Waals surface area contributed by atoms with E-state index in [0.717, 1.165) is 18.2 Å². The summed E-state index contributed by atoms with van der Waals surface area (Å²) in [5.41, 5.74) is -4.21. The summed E-state index contributed by atoms with van der Waals surface area (Å²) in [5.74, 6) is -3.47. The van der Waals surface area contributed by atoms with E-state index in [1.165, 1.54) is 6.92 Å². The number of hydrogen-bond donors (Lipinski definition) is 1. The van der Waals surface area contributed by atoms with Gasteiger partial charge in [0, 0.05) is 5.56 Å². The van der Waals surface area contributed by atoms with Crippen LogP contribution in [0.4, 0.5) is 30.7 Å². The first-order valence-electron chi connectivity index (χ1n) is 7.13. The third-order valence-electron chi connectivity index (χ3n) is 3.76. The Labute approximate surface area is 142 Å². The molecule has 0 fully saturated rings. The van der Waals surface area contributed by atoms with E-state index in [1.807, 2.05) is 0 Å². The minimum Gasteiger partial charge on any atom is -0.481 e. The first-order valence-corrected chi connectivity index (χ1v) is 7.13. The minimum atomic E-state index is -5.05. The minimum absolute atomic E-state index is 0.0294. The lowest BCUT2D eigenvalue weighted by atomic mass is 9.95. The highest BCUT2D eigenvalue weighted by atomic mass is 19.4. The van der Waals surface area contributed by atoms with Crippen molar-refractivity contribution in [3.05, 3.63) is 58.9 Å². The van der Waals surface area contributed by atoms with Crippen molar-refractivity contribution < 1.29 is 40.6 Å². The maximum absolute atomic E-state index is 14.3. The number of halogens is 7. The summed E-state index contributed by atoms with van der Waals surface area (Å²) in [7, 11) is 0. The monoisotopic (exact) mass is 380 g/mol. The van der Waals surface area contributed by atoms with Gasteiger partial charge in [-0.15, -0.1) is 0 Å². The second-order valence-electron chi connectivity index (χ2n) is 5.59. The van der Waals surface area contributed by atoms with Crippen LogP contribution in [0.2, 0.25) is 0 Å². The van der Waals surface area contributed by atoms with Gasteiger partial charge in [-0.05, 0) is 42.3 Å². The van der Waals surface area contributed by atoms with Gasteiger partial charge in [-0.2, -0.15) is 26.3 Å². The molecule has 2 rings (SSSR count). The number of benzene rings is 2. The molecule has 0 saturated heterocycles. The Hall–Kier alpha value is -2.58. The van der Waals surface area contributed by atoms with Crippen LogP contribution in [0.5, 0.6) is 0 Å². The largest absolute Gasteiger partial charge is 0.481 e. The zero-order valence-electron chi connectivity index (χ0n) is 13.0. The number of alkyl halides is 6. The summed E-state index contributed by atoms with van der Waals surface area (Å²) in [5, 5.41) is 8.89. The lowest BCUT2D eigenvalue weighted by Gasteiger charge is -2.15. The van der Waals surface area contributed by atoms with Crippen LogP contribution in [0.15, 0.2) is 36.4 Å². The molecule has 0 spiro atoms. The van der Waals surface area contributed by atoms with Crippen LogP contribution in [-0.4, -0.2) is 11.1 Å². The van der Waals surface area contributed by atoms with Crippen LogP contribution in [0.3, 0.4) is 0 Å². The van der Waals surface area contributed by atoms with Gasteiger partial charge in [-0.3, -0.25) is 4.79 Å². The highest BCUT2D eigenvalue weighted by Crippen LogP contribution is 2.39. The van der Waals surface area contributed by atoms with Crippen LogP contribution >= 0.6 is 0 Å². The molecule has 0 aliphatic carbocycles. The van der Waals surface area contributed by atoms with Gasteiger partial charge in [0.1, 0.15) is 5.82 Å². The quantitative estimate of drug-likeness (QED) is 0.692. The zero-order valence-corrected chi connectivity index (χ0v) is 13.0. The van der Waals surface area contributed by atoms with E-state index in [4.69, 9.17) is 5.11 Å². The molecule has 0 radical (unpaired) electrons. The van der Waals surface area contributed by atoms with Crippen molar-refractivity contribution >= 4 is 5.97 Å². The molecule has 0 saturated carbocycles. The molecule has 1 atom stereocenters. The molecule has 2 nitrogen and oxygen atoms in total. The molecule has 0 heterocycles. The Morgan fingerprint density at radius 3 is 1.81 bits per heavy atom. The number of carboxylic acid groups (broad SMARTS) is 1. The number of carbonyl (C=O) groups is 1. The van der Waals surface area contributed by atoms with Crippen LogP contribution in [0.25, 0.3) is 11.1 Å². The SMILES string of the molecule is C[C@@H](C(=O)O)c1ccc(-c2cc(C(F)(F)F)cc(C(F)(F)F)c2)c(F)c1. The van der Waals surface area contributed by atoms with Crippen molar-refractivity contribution in [1.82, 2.24) is 0 Å². The van der Waals surface area contributed by atoms with Gasteiger partial charge in [0.05, 0.1) is 17.0 Å². The van der Waals surface area contributed by atoms with E-state index in [2.05, 4.69) is 0 Å². The molecule has 0 aromatic heterocycles. The Bertz CT molecular complexity index is 806. The molecule has 26 heavy (non-hydrogen) atoms. The summed E-state index contributed by atoms with van der Waals surface area (Å²) >= 11 is 0. The molecule has 0 amide bonds. The van der Waals surface area contributed by atoms with E-state index in [-0.39, 0.29) is 11.6 Å². The molecule has 9 heteroatoms. The Morgan fingerprint density at radius 2 is 1.42 bits per heavy atom. The molecule has 1 N–H and O–H groups in total. The van der Waals surface area contributed by atoms with E-state index in [1.54, 1.807) is 0 Å². The fourth-order valence-corrected chi connectivity index (χ4v) is 2.29. The van der Waals surface area contributed by atoms with E-state index >= 15 is 0 Å². The molecule has 0 bridgehead atoms. The van der Waals surface area contributed by atoms with Gasteiger partial charge in [0.2, 0.25) is 0 Å². The molecule has 0 aliphatic heterocycles. The zero-order chi connectivity index (χ0) is 19.9. The highest BCUT2D eigenvalue weighted by Gasteiger charge is 2.37. The van der Waals surface area contributed by atoms with Gasteiger partial charge in [0.15, 0.2) is 0 Å². The maximum atomic E-state index is 14.3. The molecule has 0 unspecified atom stereocenters. The van der Waals surface area contributed by atoms with Gasteiger partial charge >= 0.3 is 18.3 Å². The van der Waals surface area contributed by atoms with Gasteiger partial charge in [-0.1, -0.05) is 12.1 Å². The predicted molar refractivity (Wildman–Crippen MR) is 77.9 cm³/mol. The fourth-order valence-electron chi connectivity index (χ4n) is 2.29. The van der Waals surface area contributed by atoms with Crippen molar-refractivity contribution in [2.45, 2.75) is 25.2 Å². The van der Waals surface area contributed by atoms with Gasteiger partial charge in [-0.25, -0.2) is 4.39 Å². The van der Waals surface area contributed by atoms with Gasteiger partial charge in [0.25, 0.3) is 0 Å². The first-order chi connectivity index (χ1) is 11.8. The first kappa shape index (κ1) is 19.7. The second kappa shape index (κ2) is 6.62. The van der Waals surface area contributed by atoms with Crippen molar-refractivity contribution in [2.75, 3.05) is 0 Å². The van der Waals surface area contributed by atoms with Crippen molar-refractivity contribution in [3.63, 3.8) is 0 Å². The van der Waals surface area contributed by atoms with Gasteiger partial charge < -0.3 is 5.11 Å². The third-order valence-corrected chi connectivity index (χ3v) is 3.76. The van der Waals surface area contributed by atoms with E-state index < -0.39 is 52.3 Å². The van der Waals surface area contributed by atoms with Crippen molar-refractivity contribution in [1.29, 1.82) is 0 Å². The van der Waals surface area contributed by atoms with Crippen LogP contribution in [0, 0.1) is 5.82 Å². The molecular formula is C17H11F7O2.